The van der Waals surface area contributed by atoms with Gasteiger partial charge in [-0.1, -0.05) is 17.3 Å². The third-order valence-corrected chi connectivity index (χ3v) is 4.65. The summed E-state index contributed by atoms with van der Waals surface area (Å²) in [4.78, 5) is 4.01. The third kappa shape index (κ3) is 3.15. The largest absolute Gasteiger partial charge is 0.343 e. The van der Waals surface area contributed by atoms with Crippen LogP contribution in [0.15, 0.2) is 44.6 Å². The van der Waals surface area contributed by atoms with Crippen molar-refractivity contribution in [3.05, 3.63) is 41.0 Å². The number of aromatic nitrogens is 2. The Balaban J connectivity index is 2.02. The van der Waals surface area contributed by atoms with Gasteiger partial charge in [0.15, 0.2) is 5.82 Å². The molecule has 96 valence electrons. The van der Waals surface area contributed by atoms with E-state index in [1.165, 1.54) is 12.5 Å². The number of benzene rings is 1. The van der Waals surface area contributed by atoms with Gasteiger partial charge in [-0.3, -0.25) is 0 Å². The molecule has 8 heteroatoms. The van der Waals surface area contributed by atoms with Crippen LogP contribution in [0.4, 0.5) is 0 Å². The Morgan fingerprint density at radius 3 is 2.78 bits per heavy atom. The number of nitrogens with one attached hydrogen (secondary N) is 1. The van der Waals surface area contributed by atoms with E-state index in [0.29, 0.717) is 16.7 Å². The fraction of sp³-hybridized carbons (Fsp3) is 0.200. The summed E-state index contributed by atoms with van der Waals surface area (Å²) >= 11 is 3.20. The quantitative estimate of drug-likeness (QED) is 0.893. The van der Waals surface area contributed by atoms with E-state index in [2.05, 4.69) is 35.3 Å². The molecule has 1 aromatic heterocycles. The predicted octanol–water partition coefficient (Wildman–Crippen LogP) is 1.35. The molecular formula is C10H10BrN3O3S. The van der Waals surface area contributed by atoms with Crippen LogP contribution < -0.4 is 4.72 Å². The van der Waals surface area contributed by atoms with E-state index < -0.39 is 10.0 Å². The van der Waals surface area contributed by atoms with Gasteiger partial charge in [-0.2, -0.15) is 4.98 Å². The van der Waals surface area contributed by atoms with Gasteiger partial charge < -0.3 is 4.52 Å². The summed E-state index contributed by atoms with van der Waals surface area (Å²) in [5, 5.41) is 3.60. The average Bonchev–Trinajstić information content (AvgIpc) is 2.82. The molecule has 0 aliphatic rings. The summed E-state index contributed by atoms with van der Waals surface area (Å²) in [5.74, 6) is 0.463. The average molecular weight is 332 g/mol. The number of hydrogen-bond acceptors (Lipinski definition) is 5. The summed E-state index contributed by atoms with van der Waals surface area (Å²) in [5.41, 5.74) is 0. The summed E-state index contributed by atoms with van der Waals surface area (Å²) in [6.45, 7) is 0.212. The molecule has 2 aromatic rings. The van der Waals surface area contributed by atoms with Crippen molar-refractivity contribution < 1.29 is 12.9 Å². The number of nitrogens with zero attached hydrogens (tertiary/aromatic N) is 2. The fourth-order valence-corrected chi connectivity index (χ4v) is 3.37. The minimum absolute atomic E-state index is 0.207. The Labute approximate surface area is 113 Å². The van der Waals surface area contributed by atoms with E-state index in [1.807, 2.05) is 0 Å². The molecule has 0 aliphatic heterocycles. The van der Waals surface area contributed by atoms with Crippen molar-refractivity contribution in [2.45, 2.75) is 11.3 Å². The van der Waals surface area contributed by atoms with Crippen molar-refractivity contribution in [1.29, 1.82) is 0 Å². The van der Waals surface area contributed by atoms with Crippen molar-refractivity contribution in [3.8, 4) is 0 Å². The van der Waals surface area contributed by atoms with Crippen LogP contribution in [0.5, 0.6) is 0 Å². The topological polar surface area (TPSA) is 85.1 Å². The Kier molecular flexibility index (Phi) is 4.10. The third-order valence-electron chi connectivity index (χ3n) is 2.17. The fourth-order valence-electron chi connectivity index (χ4n) is 1.34. The molecule has 18 heavy (non-hydrogen) atoms. The number of hydrogen-bond donors (Lipinski definition) is 1. The van der Waals surface area contributed by atoms with Crippen LogP contribution in [-0.2, 0) is 16.4 Å². The SMILES string of the molecule is O=S(=O)(NCCc1ncon1)c1ccccc1Br. The van der Waals surface area contributed by atoms with E-state index >= 15 is 0 Å². The van der Waals surface area contributed by atoms with Gasteiger partial charge >= 0.3 is 0 Å². The number of sulfonamides is 1. The smallest absolute Gasteiger partial charge is 0.241 e. The Hall–Kier alpha value is -1.25. The first kappa shape index (κ1) is 13.2. The highest BCUT2D eigenvalue weighted by Gasteiger charge is 2.16. The highest BCUT2D eigenvalue weighted by Crippen LogP contribution is 2.20. The summed E-state index contributed by atoms with van der Waals surface area (Å²) < 4.78 is 31.5. The van der Waals surface area contributed by atoms with E-state index in [9.17, 15) is 8.42 Å². The lowest BCUT2D eigenvalue weighted by Crippen LogP contribution is -2.26. The van der Waals surface area contributed by atoms with Crippen molar-refractivity contribution >= 4 is 26.0 Å². The lowest BCUT2D eigenvalue weighted by Gasteiger charge is -2.07. The normalized spacial score (nSPS) is 11.6. The molecule has 0 aliphatic carbocycles. The maximum atomic E-state index is 12.0. The van der Waals surface area contributed by atoms with Gasteiger partial charge in [-0.05, 0) is 28.1 Å². The maximum Gasteiger partial charge on any atom is 0.241 e. The minimum Gasteiger partial charge on any atom is -0.343 e. The summed E-state index contributed by atoms with van der Waals surface area (Å²) in [6, 6.07) is 6.62. The van der Waals surface area contributed by atoms with Crippen molar-refractivity contribution in [2.75, 3.05) is 6.54 Å². The van der Waals surface area contributed by atoms with Gasteiger partial charge in [0, 0.05) is 17.4 Å². The number of rotatable bonds is 5. The van der Waals surface area contributed by atoms with Crippen LogP contribution in [0.2, 0.25) is 0 Å². The molecule has 0 bridgehead atoms. The van der Waals surface area contributed by atoms with Gasteiger partial charge in [0.2, 0.25) is 16.4 Å². The first-order valence-electron chi connectivity index (χ1n) is 5.09. The molecule has 6 nitrogen and oxygen atoms in total. The van der Waals surface area contributed by atoms with Crippen molar-refractivity contribution in [3.63, 3.8) is 0 Å². The lowest BCUT2D eigenvalue weighted by molar-refractivity contribution is 0.410. The van der Waals surface area contributed by atoms with E-state index in [-0.39, 0.29) is 11.4 Å². The zero-order chi connectivity index (χ0) is 13.0. The molecule has 1 heterocycles. The zero-order valence-corrected chi connectivity index (χ0v) is 11.6. The first-order chi connectivity index (χ1) is 8.59. The molecule has 0 saturated carbocycles. The van der Waals surface area contributed by atoms with E-state index in [4.69, 9.17) is 0 Å². The van der Waals surface area contributed by atoms with Crippen molar-refractivity contribution in [2.24, 2.45) is 0 Å². The van der Waals surface area contributed by atoms with Gasteiger partial charge in [0.1, 0.15) is 0 Å². The highest BCUT2D eigenvalue weighted by atomic mass is 79.9. The molecule has 0 saturated heterocycles. The predicted molar refractivity (Wildman–Crippen MR) is 67.3 cm³/mol. The molecule has 0 atom stereocenters. The van der Waals surface area contributed by atoms with Crippen LogP contribution in [0.1, 0.15) is 5.82 Å². The molecule has 0 amide bonds. The van der Waals surface area contributed by atoms with Crippen LogP contribution >= 0.6 is 15.9 Å². The lowest BCUT2D eigenvalue weighted by atomic mass is 10.4. The highest BCUT2D eigenvalue weighted by molar-refractivity contribution is 9.10. The van der Waals surface area contributed by atoms with Gasteiger partial charge in [0.25, 0.3) is 0 Å². The molecule has 1 aromatic carbocycles. The minimum atomic E-state index is -3.53. The van der Waals surface area contributed by atoms with Crippen LogP contribution in [-0.4, -0.2) is 25.1 Å². The second kappa shape index (κ2) is 5.59. The van der Waals surface area contributed by atoms with Crippen molar-refractivity contribution in [1.82, 2.24) is 14.9 Å². The second-order valence-electron chi connectivity index (χ2n) is 3.43. The van der Waals surface area contributed by atoms with Gasteiger partial charge in [-0.25, -0.2) is 13.1 Å². The monoisotopic (exact) mass is 331 g/mol. The summed E-state index contributed by atoms with van der Waals surface area (Å²) in [7, 11) is -3.53. The number of halogens is 1. The summed E-state index contributed by atoms with van der Waals surface area (Å²) in [6.07, 6.45) is 1.58. The molecule has 1 N–H and O–H groups in total. The molecule has 0 fully saturated rings. The second-order valence-corrected chi connectivity index (χ2v) is 6.02. The van der Waals surface area contributed by atoms with E-state index in [1.54, 1.807) is 18.2 Å². The van der Waals surface area contributed by atoms with Gasteiger partial charge in [0.05, 0.1) is 4.90 Å². The Bertz CT molecular complexity index is 613. The standard InChI is InChI=1S/C10H10BrN3O3S/c11-8-3-1-2-4-9(8)18(15,16)13-6-5-10-12-7-17-14-10/h1-4,7,13H,5-6H2. The Morgan fingerprint density at radius 2 is 2.11 bits per heavy atom. The van der Waals surface area contributed by atoms with Gasteiger partial charge in [-0.15, -0.1) is 0 Å². The molecule has 0 spiro atoms. The molecular weight excluding hydrogens is 322 g/mol. The first-order valence-corrected chi connectivity index (χ1v) is 7.36. The van der Waals surface area contributed by atoms with Crippen LogP contribution in [0.3, 0.4) is 0 Å². The molecule has 0 unspecified atom stereocenters. The molecule has 0 radical (unpaired) electrons. The van der Waals surface area contributed by atoms with E-state index in [0.717, 1.165) is 0 Å². The zero-order valence-electron chi connectivity index (χ0n) is 9.21. The van der Waals surface area contributed by atoms with Crippen LogP contribution in [0, 0.1) is 0 Å². The maximum absolute atomic E-state index is 12.0. The molecule has 2 rings (SSSR count). The van der Waals surface area contributed by atoms with Crippen LogP contribution in [0.25, 0.3) is 0 Å². The Morgan fingerprint density at radius 1 is 1.33 bits per heavy atom.